The molecule has 1 aromatic rings. The number of fused-ring (bicyclic) bond motifs is 1. The minimum atomic E-state index is -1.03. The fraction of sp³-hybridized carbons (Fsp3) is 0.680. The van der Waals surface area contributed by atoms with Crippen molar-refractivity contribution in [2.45, 2.75) is 89.4 Å². The van der Waals surface area contributed by atoms with Gasteiger partial charge in [0.2, 0.25) is 0 Å². The molecular weight excluding hydrogens is 389 g/mol. The molecule has 1 aliphatic heterocycles. The minimum absolute atomic E-state index is 0.0772. The molecule has 0 spiro atoms. The molecule has 0 amide bonds. The van der Waals surface area contributed by atoms with Crippen molar-refractivity contribution in [2.75, 3.05) is 6.54 Å². The molecule has 0 radical (unpaired) electrons. The van der Waals surface area contributed by atoms with Crippen LogP contribution in [-0.2, 0) is 11.2 Å². The Morgan fingerprint density at radius 1 is 1.10 bits per heavy atom. The Kier molecular flexibility index (Phi) is 7.49. The number of hydrogen-bond acceptors (Lipinski definition) is 5. The highest BCUT2D eigenvalue weighted by Gasteiger charge is 2.37. The predicted molar refractivity (Wildman–Crippen MR) is 122 cm³/mol. The van der Waals surface area contributed by atoms with Gasteiger partial charge in [0, 0.05) is 24.7 Å². The molecule has 2 saturated carbocycles. The van der Waals surface area contributed by atoms with Crippen molar-refractivity contribution >= 4 is 18.7 Å². The molecule has 0 unspecified atom stereocenters. The molecule has 0 saturated heterocycles. The Labute approximate surface area is 186 Å². The first-order chi connectivity index (χ1) is 15.0. The van der Waals surface area contributed by atoms with Crippen LogP contribution in [0.2, 0.25) is 5.82 Å². The summed E-state index contributed by atoms with van der Waals surface area (Å²) < 4.78 is 5.68. The highest BCUT2D eigenvalue weighted by molar-refractivity contribution is 6.47. The van der Waals surface area contributed by atoms with E-state index in [1.54, 1.807) is 6.07 Å². The van der Waals surface area contributed by atoms with E-state index in [0.29, 0.717) is 42.5 Å². The summed E-state index contributed by atoms with van der Waals surface area (Å²) in [6.07, 6.45) is 11.6. The van der Waals surface area contributed by atoms with Crippen LogP contribution in [0.5, 0.6) is 5.75 Å². The summed E-state index contributed by atoms with van der Waals surface area (Å²) in [6, 6.07) is 6.10. The van der Waals surface area contributed by atoms with E-state index < -0.39 is 7.12 Å². The average Bonchev–Trinajstić information content (AvgIpc) is 3.57. The summed E-state index contributed by atoms with van der Waals surface area (Å²) in [7, 11) is -1.03. The lowest BCUT2D eigenvalue weighted by Crippen LogP contribution is -2.36. The van der Waals surface area contributed by atoms with Crippen LogP contribution in [0.1, 0.15) is 87.1 Å². The number of hydrogen-bond donors (Lipinski definition) is 2. The van der Waals surface area contributed by atoms with E-state index in [-0.39, 0.29) is 17.4 Å². The van der Waals surface area contributed by atoms with Crippen LogP contribution in [0.4, 0.5) is 0 Å². The summed E-state index contributed by atoms with van der Waals surface area (Å²) in [6.45, 7) is 2.64. The number of rotatable bonds is 10. The Balaban J connectivity index is 1.19. The van der Waals surface area contributed by atoms with E-state index in [0.717, 1.165) is 43.7 Å². The Morgan fingerprint density at radius 2 is 1.84 bits per heavy atom. The van der Waals surface area contributed by atoms with Gasteiger partial charge in [0.1, 0.15) is 11.5 Å². The van der Waals surface area contributed by atoms with Gasteiger partial charge in [-0.3, -0.25) is 9.59 Å². The first kappa shape index (κ1) is 22.5. The molecule has 1 atom stereocenters. The zero-order valence-corrected chi connectivity index (χ0v) is 18.8. The fourth-order valence-electron chi connectivity index (χ4n) is 5.31. The van der Waals surface area contributed by atoms with Gasteiger partial charge in [0.15, 0.2) is 5.78 Å². The van der Waals surface area contributed by atoms with Crippen molar-refractivity contribution in [3.63, 3.8) is 0 Å². The van der Waals surface area contributed by atoms with Gasteiger partial charge in [0.05, 0.1) is 5.56 Å². The normalized spacial score (nSPS) is 25.6. The molecule has 6 heteroatoms. The van der Waals surface area contributed by atoms with Crippen LogP contribution >= 0.6 is 0 Å². The average molecular weight is 425 g/mol. The van der Waals surface area contributed by atoms with Gasteiger partial charge in [-0.15, -0.1) is 0 Å². The summed E-state index contributed by atoms with van der Waals surface area (Å²) in [5, 5.41) is 14.2. The van der Waals surface area contributed by atoms with Crippen LogP contribution in [0, 0.1) is 11.8 Å². The van der Waals surface area contributed by atoms with E-state index >= 15 is 0 Å². The first-order valence-corrected chi connectivity index (χ1v) is 12.2. The molecule has 1 aromatic carbocycles. The summed E-state index contributed by atoms with van der Waals surface area (Å²) in [5.41, 5.74) is 1.41. The van der Waals surface area contributed by atoms with Crippen LogP contribution in [0.3, 0.4) is 0 Å². The quantitative estimate of drug-likeness (QED) is 0.331. The number of nitrogens with one attached hydrogen (secondary N) is 1. The molecule has 4 rings (SSSR count). The molecule has 0 bridgehead atoms. The van der Waals surface area contributed by atoms with E-state index in [1.807, 2.05) is 12.1 Å². The van der Waals surface area contributed by atoms with Gasteiger partial charge < -0.3 is 15.0 Å². The van der Waals surface area contributed by atoms with Gasteiger partial charge in [-0.1, -0.05) is 25.0 Å². The van der Waals surface area contributed by atoms with Crippen molar-refractivity contribution < 1.29 is 19.3 Å². The Hall–Kier alpha value is -1.66. The van der Waals surface area contributed by atoms with Gasteiger partial charge in [0.25, 0.3) is 0 Å². The SMILES string of the molecule is CC(=O)c1cccc2c1OB(O)[C@@H](CC(=O)CC1CCC(NCCCC3CC3)CC1)C2. The molecule has 2 aliphatic carbocycles. The van der Waals surface area contributed by atoms with Crippen molar-refractivity contribution in [1.82, 2.24) is 5.32 Å². The predicted octanol–water partition coefficient (Wildman–Crippen LogP) is 4.36. The van der Waals surface area contributed by atoms with Crippen LogP contribution < -0.4 is 9.97 Å². The van der Waals surface area contributed by atoms with E-state index in [9.17, 15) is 14.6 Å². The van der Waals surface area contributed by atoms with Crippen molar-refractivity contribution in [3.8, 4) is 5.75 Å². The third-order valence-corrected chi connectivity index (χ3v) is 7.37. The summed E-state index contributed by atoms with van der Waals surface area (Å²) in [5.74, 6) is 1.86. The topological polar surface area (TPSA) is 75.6 Å². The number of carbonyl (C=O) groups excluding carboxylic acids is 2. The highest BCUT2D eigenvalue weighted by Crippen LogP contribution is 2.37. The van der Waals surface area contributed by atoms with E-state index in [2.05, 4.69) is 5.32 Å². The lowest BCUT2D eigenvalue weighted by molar-refractivity contribution is -0.120. The third kappa shape index (κ3) is 6.20. The van der Waals surface area contributed by atoms with Crippen molar-refractivity contribution in [3.05, 3.63) is 29.3 Å². The smallest absolute Gasteiger partial charge is 0.526 e. The molecule has 2 N–H and O–H groups in total. The molecule has 31 heavy (non-hydrogen) atoms. The van der Waals surface area contributed by atoms with E-state index in [1.165, 1.54) is 32.6 Å². The maximum Gasteiger partial charge on any atom is 0.526 e. The highest BCUT2D eigenvalue weighted by atomic mass is 16.5. The first-order valence-electron chi connectivity index (χ1n) is 12.2. The van der Waals surface area contributed by atoms with Crippen molar-refractivity contribution in [2.24, 2.45) is 11.8 Å². The molecule has 3 aliphatic rings. The number of ketones is 2. The fourth-order valence-corrected chi connectivity index (χ4v) is 5.31. The maximum atomic E-state index is 12.7. The number of Topliss-reactive ketones (excluding diaryl/α,β-unsaturated/α-hetero) is 2. The minimum Gasteiger partial charge on any atom is -0.535 e. The number of carbonyl (C=O) groups is 2. The summed E-state index contributed by atoms with van der Waals surface area (Å²) in [4.78, 5) is 24.5. The molecular formula is C25H36BNO4. The van der Waals surface area contributed by atoms with Gasteiger partial charge in [-0.25, -0.2) is 0 Å². The zero-order chi connectivity index (χ0) is 21.8. The Morgan fingerprint density at radius 3 is 2.55 bits per heavy atom. The van der Waals surface area contributed by atoms with Gasteiger partial charge >= 0.3 is 7.12 Å². The molecule has 168 valence electrons. The second-order valence-corrected chi connectivity index (χ2v) is 10.0. The van der Waals surface area contributed by atoms with Crippen LogP contribution in [0.15, 0.2) is 18.2 Å². The monoisotopic (exact) mass is 425 g/mol. The van der Waals surface area contributed by atoms with Crippen molar-refractivity contribution in [1.29, 1.82) is 0 Å². The largest absolute Gasteiger partial charge is 0.535 e. The number of para-hydroxylation sites is 1. The van der Waals surface area contributed by atoms with Crippen LogP contribution in [0.25, 0.3) is 0 Å². The zero-order valence-electron chi connectivity index (χ0n) is 18.8. The molecule has 1 heterocycles. The number of benzene rings is 1. The second kappa shape index (κ2) is 10.3. The lowest BCUT2D eigenvalue weighted by atomic mass is 9.64. The molecule has 0 aromatic heterocycles. The Bertz CT molecular complexity index is 786. The second-order valence-electron chi connectivity index (χ2n) is 10.0. The summed E-state index contributed by atoms with van der Waals surface area (Å²) >= 11 is 0. The lowest BCUT2D eigenvalue weighted by Gasteiger charge is -2.30. The van der Waals surface area contributed by atoms with Gasteiger partial charge in [-0.05, 0) is 81.9 Å². The van der Waals surface area contributed by atoms with Gasteiger partial charge in [-0.2, -0.15) is 0 Å². The standard InChI is InChI=1S/C25H36BNO4/c1-17(28)24-6-2-5-20-15-21(26(30)31-25(20)24)16-23(29)14-19-9-11-22(12-10-19)27-13-3-4-18-7-8-18/h2,5-6,18-19,21-22,27,30H,3-4,7-16H2,1H3/t19?,21-,22?/m1/s1. The van der Waals surface area contributed by atoms with E-state index in [4.69, 9.17) is 4.65 Å². The third-order valence-electron chi connectivity index (χ3n) is 7.37. The van der Waals surface area contributed by atoms with Crippen LogP contribution in [-0.4, -0.2) is 36.3 Å². The molecule has 2 fully saturated rings. The molecule has 5 nitrogen and oxygen atoms in total. The maximum absolute atomic E-state index is 12.7.